The number of likely N-dealkylation sites (tertiary alicyclic amines) is 1. The molecule has 96 valence electrons. The smallest absolute Gasteiger partial charge is 0.235 e. The van der Waals surface area contributed by atoms with Gasteiger partial charge in [0.15, 0.2) is 0 Å². The first-order valence-corrected chi connectivity index (χ1v) is 6.55. The van der Waals surface area contributed by atoms with Crippen LogP contribution < -0.4 is 0 Å². The summed E-state index contributed by atoms with van der Waals surface area (Å²) in [5, 5.41) is 9.02. The summed E-state index contributed by atoms with van der Waals surface area (Å²) in [5.41, 5.74) is -0.384. The fourth-order valence-corrected chi connectivity index (χ4v) is 3.03. The van der Waals surface area contributed by atoms with E-state index in [1.807, 2.05) is 6.92 Å². The molecule has 17 heavy (non-hydrogen) atoms. The molecular formula is C13H21NO3. The van der Waals surface area contributed by atoms with Crippen LogP contribution in [-0.4, -0.2) is 35.0 Å². The van der Waals surface area contributed by atoms with E-state index in [-0.39, 0.29) is 29.8 Å². The van der Waals surface area contributed by atoms with Gasteiger partial charge in [-0.3, -0.25) is 14.5 Å². The molecule has 4 nitrogen and oxygen atoms in total. The van der Waals surface area contributed by atoms with E-state index >= 15 is 0 Å². The van der Waals surface area contributed by atoms with Crippen LogP contribution in [0.2, 0.25) is 0 Å². The Hall–Kier alpha value is -0.900. The third-order valence-electron chi connectivity index (χ3n) is 4.11. The third kappa shape index (κ3) is 2.23. The predicted molar refractivity (Wildman–Crippen MR) is 63.1 cm³/mol. The van der Waals surface area contributed by atoms with E-state index in [0.29, 0.717) is 13.0 Å². The molecule has 1 unspecified atom stereocenters. The molecule has 4 heteroatoms. The maximum Gasteiger partial charge on any atom is 0.235 e. The number of imide groups is 1. The Morgan fingerprint density at radius 1 is 1.29 bits per heavy atom. The van der Waals surface area contributed by atoms with E-state index in [2.05, 4.69) is 0 Å². The molecular weight excluding hydrogens is 218 g/mol. The van der Waals surface area contributed by atoms with Gasteiger partial charge in [-0.2, -0.15) is 0 Å². The van der Waals surface area contributed by atoms with Crippen LogP contribution in [0.4, 0.5) is 0 Å². The molecule has 2 amide bonds. The summed E-state index contributed by atoms with van der Waals surface area (Å²) in [4.78, 5) is 25.7. The van der Waals surface area contributed by atoms with Crippen LogP contribution in [-0.2, 0) is 9.59 Å². The maximum atomic E-state index is 12.4. The van der Waals surface area contributed by atoms with Crippen molar-refractivity contribution >= 4 is 11.8 Å². The zero-order chi connectivity index (χ0) is 12.5. The molecule has 0 bridgehead atoms. The van der Waals surface area contributed by atoms with Crippen LogP contribution in [0, 0.1) is 11.3 Å². The van der Waals surface area contributed by atoms with Crippen molar-refractivity contribution < 1.29 is 14.7 Å². The van der Waals surface area contributed by atoms with Gasteiger partial charge in [-0.1, -0.05) is 26.2 Å². The fraction of sp³-hybridized carbons (Fsp3) is 0.846. The lowest BCUT2D eigenvalue weighted by Gasteiger charge is -2.30. The molecule has 0 aromatic heterocycles. The Kier molecular flexibility index (Phi) is 3.52. The first-order chi connectivity index (χ1) is 8.09. The summed E-state index contributed by atoms with van der Waals surface area (Å²) in [6, 6.07) is 0. The van der Waals surface area contributed by atoms with Crippen molar-refractivity contribution in [1.82, 2.24) is 4.90 Å². The number of carbonyl (C=O) groups excluding carboxylic acids is 2. The van der Waals surface area contributed by atoms with Gasteiger partial charge in [-0.15, -0.1) is 0 Å². The van der Waals surface area contributed by atoms with Gasteiger partial charge in [0.05, 0.1) is 5.41 Å². The van der Waals surface area contributed by atoms with Crippen molar-refractivity contribution in [2.45, 2.75) is 45.4 Å². The van der Waals surface area contributed by atoms with Crippen LogP contribution in [0.1, 0.15) is 45.4 Å². The minimum absolute atomic E-state index is 0.0162. The molecule has 1 aliphatic heterocycles. The normalized spacial score (nSPS) is 25.6. The average molecular weight is 239 g/mol. The first-order valence-electron chi connectivity index (χ1n) is 6.55. The molecule has 1 saturated carbocycles. The molecule has 0 aromatic rings. The minimum Gasteiger partial charge on any atom is -0.396 e. The van der Waals surface area contributed by atoms with Crippen molar-refractivity contribution in [3.63, 3.8) is 0 Å². The standard InChI is InChI=1S/C13H21NO3/c1-10(9-15)8-14-11(16)7-13(12(14)17)5-3-2-4-6-13/h10,15H,2-9H2,1H3. The monoisotopic (exact) mass is 239 g/mol. The Bertz CT molecular complexity index is 321. The van der Waals surface area contributed by atoms with E-state index in [4.69, 9.17) is 5.11 Å². The predicted octanol–water partition coefficient (Wildman–Crippen LogP) is 1.32. The molecule has 2 aliphatic rings. The van der Waals surface area contributed by atoms with Crippen LogP contribution in [0.5, 0.6) is 0 Å². The fourth-order valence-electron chi connectivity index (χ4n) is 3.03. The van der Waals surface area contributed by atoms with Gasteiger partial charge in [-0.05, 0) is 18.8 Å². The lowest BCUT2D eigenvalue weighted by Crippen LogP contribution is -2.39. The molecule has 1 heterocycles. The number of rotatable bonds is 3. The van der Waals surface area contributed by atoms with Gasteiger partial charge in [-0.25, -0.2) is 0 Å². The zero-order valence-corrected chi connectivity index (χ0v) is 10.4. The summed E-state index contributed by atoms with van der Waals surface area (Å²) in [7, 11) is 0. The number of hydrogen-bond acceptors (Lipinski definition) is 3. The first kappa shape index (κ1) is 12.6. The second-order valence-corrected chi connectivity index (χ2v) is 5.62. The van der Waals surface area contributed by atoms with Crippen molar-refractivity contribution in [2.75, 3.05) is 13.2 Å². The second-order valence-electron chi connectivity index (χ2n) is 5.62. The van der Waals surface area contributed by atoms with Crippen molar-refractivity contribution in [3.8, 4) is 0 Å². The summed E-state index contributed by atoms with van der Waals surface area (Å²) < 4.78 is 0. The Balaban J connectivity index is 2.10. The van der Waals surface area contributed by atoms with Crippen LogP contribution in [0.25, 0.3) is 0 Å². The molecule has 1 aliphatic carbocycles. The van der Waals surface area contributed by atoms with Gasteiger partial charge in [0.1, 0.15) is 0 Å². The highest BCUT2D eigenvalue weighted by molar-refractivity contribution is 6.05. The lowest BCUT2D eigenvalue weighted by atomic mass is 9.73. The molecule has 1 N–H and O–H groups in total. The highest BCUT2D eigenvalue weighted by Gasteiger charge is 2.51. The van der Waals surface area contributed by atoms with Gasteiger partial charge >= 0.3 is 0 Å². The summed E-state index contributed by atoms with van der Waals surface area (Å²) in [5.74, 6) is -0.0543. The van der Waals surface area contributed by atoms with E-state index in [1.54, 1.807) is 0 Å². The van der Waals surface area contributed by atoms with Crippen LogP contribution in [0.3, 0.4) is 0 Å². The van der Waals surface area contributed by atoms with Gasteiger partial charge in [0.2, 0.25) is 11.8 Å². The third-order valence-corrected chi connectivity index (χ3v) is 4.11. The van der Waals surface area contributed by atoms with Crippen LogP contribution >= 0.6 is 0 Å². The maximum absolute atomic E-state index is 12.4. The average Bonchev–Trinajstić information content (AvgIpc) is 2.55. The van der Waals surface area contributed by atoms with Gasteiger partial charge < -0.3 is 5.11 Å². The van der Waals surface area contributed by atoms with Crippen molar-refractivity contribution in [2.24, 2.45) is 11.3 Å². The molecule has 1 spiro atoms. The van der Waals surface area contributed by atoms with Crippen molar-refractivity contribution in [1.29, 1.82) is 0 Å². The Labute approximate surface area is 102 Å². The SMILES string of the molecule is CC(CO)CN1C(=O)CC2(CCCCC2)C1=O. The lowest BCUT2D eigenvalue weighted by molar-refractivity contribution is -0.143. The zero-order valence-electron chi connectivity index (χ0n) is 10.4. The number of hydrogen-bond donors (Lipinski definition) is 1. The number of aliphatic hydroxyl groups is 1. The number of carbonyl (C=O) groups is 2. The van der Waals surface area contributed by atoms with E-state index in [0.717, 1.165) is 25.7 Å². The van der Waals surface area contributed by atoms with Gasteiger partial charge in [0.25, 0.3) is 0 Å². The second kappa shape index (κ2) is 4.77. The summed E-state index contributed by atoms with van der Waals surface area (Å²) in [6.45, 7) is 2.24. The molecule has 1 saturated heterocycles. The molecule has 0 radical (unpaired) electrons. The molecule has 1 atom stereocenters. The van der Waals surface area contributed by atoms with Crippen LogP contribution in [0.15, 0.2) is 0 Å². The number of aliphatic hydroxyl groups excluding tert-OH is 1. The Morgan fingerprint density at radius 3 is 2.53 bits per heavy atom. The summed E-state index contributed by atoms with van der Waals surface area (Å²) >= 11 is 0. The summed E-state index contributed by atoms with van der Waals surface area (Å²) in [6.07, 6.45) is 5.41. The highest BCUT2D eigenvalue weighted by Crippen LogP contribution is 2.45. The highest BCUT2D eigenvalue weighted by atomic mass is 16.3. The van der Waals surface area contributed by atoms with Gasteiger partial charge in [0, 0.05) is 19.6 Å². The van der Waals surface area contributed by atoms with E-state index in [1.165, 1.54) is 11.3 Å². The van der Waals surface area contributed by atoms with E-state index < -0.39 is 0 Å². The number of nitrogens with zero attached hydrogens (tertiary/aromatic N) is 1. The Morgan fingerprint density at radius 2 is 1.94 bits per heavy atom. The number of amides is 2. The quantitative estimate of drug-likeness (QED) is 0.756. The van der Waals surface area contributed by atoms with E-state index in [9.17, 15) is 9.59 Å². The molecule has 0 aromatic carbocycles. The molecule has 2 fully saturated rings. The topological polar surface area (TPSA) is 57.6 Å². The van der Waals surface area contributed by atoms with Crippen molar-refractivity contribution in [3.05, 3.63) is 0 Å². The minimum atomic E-state index is -0.384. The molecule has 2 rings (SSSR count). The largest absolute Gasteiger partial charge is 0.396 e.